The van der Waals surface area contributed by atoms with Gasteiger partial charge in [0.25, 0.3) is 8.32 Å². The molecule has 1 aliphatic rings. The summed E-state index contributed by atoms with van der Waals surface area (Å²) in [5.41, 5.74) is -0.368. The highest BCUT2D eigenvalue weighted by atomic mass is 79.9. The molecule has 0 N–H and O–H groups in total. The van der Waals surface area contributed by atoms with E-state index in [4.69, 9.17) is 4.43 Å². The molecule has 142 valence electrons. The van der Waals surface area contributed by atoms with Crippen molar-refractivity contribution in [1.82, 2.24) is 0 Å². The van der Waals surface area contributed by atoms with E-state index in [-0.39, 0.29) is 10.6 Å². The second-order valence-electron chi connectivity index (χ2n) is 8.54. The highest BCUT2D eigenvalue weighted by molar-refractivity contribution is 9.12. The van der Waals surface area contributed by atoms with Crippen molar-refractivity contribution >= 4 is 34.6 Å². The van der Waals surface area contributed by atoms with E-state index in [1.807, 2.05) is 0 Å². The molecular weight excluding hydrogens is 412 g/mol. The number of hydrogen-bond donors (Lipinski definition) is 0. The first-order valence-corrected chi connectivity index (χ1v) is 12.6. The molecule has 3 rings (SSSR count). The fraction of sp³-hybridized carbons (Fsp3) is 0.417. The third-order valence-corrected chi connectivity index (χ3v) is 11.0. The Labute approximate surface area is 173 Å². The van der Waals surface area contributed by atoms with E-state index >= 15 is 0 Å². The summed E-state index contributed by atoms with van der Waals surface area (Å²) in [4.78, 5) is 3.01. The van der Waals surface area contributed by atoms with Crippen molar-refractivity contribution in [2.75, 3.05) is 0 Å². The topological polar surface area (TPSA) is 9.23 Å². The second-order valence-corrected chi connectivity index (χ2v) is 13.2. The monoisotopic (exact) mass is 440 g/mol. The molecule has 0 unspecified atom stereocenters. The molecule has 1 fully saturated rings. The van der Waals surface area contributed by atoms with Crippen LogP contribution in [0.1, 0.15) is 52.9 Å². The van der Waals surface area contributed by atoms with Crippen LogP contribution < -0.4 is 10.4 Å². The van der Waals surface area contributed by atoms with Crippen LogP contribution in [0.5, 0.6) is 0 Å². The number of benzene rings is 2. The van der Waals surface area contributed by atoms with E-state index < -0.39 is 8.32 Å². The molecule has 0 spiro atoms. The van der Waals surface area contributed by atoms with Crippen molar-refractivity contribution in [3.8, 4) is 10.8 Å². The minimum absolute atomic E-state index is 0.0197. The van der Waals surface area contributed by atoms with Gasteiger partial charge in [-0.2, -0.15) is 0 Å². The van der Waals surface area contributed by atoms with Crippen molar-refractivity contribution < 1.29 is 4.43 Å². The van der Waals surface area contributed by atoms with Crippen molar-refractivity contribution in [2.45, 2.75) is 63.5 Å². The fourth-order valence-electron chi connectivity index (χ4n) is 4.40. The molecule has 0 aromatic heterocycles. The summed E-state index contributed by atoms with van der Waals surface area (Å²) in [7, 11) is -2.57. The van der Waals surface area contributed by atoms with E-state index in [1.165, 1.54) is 29.6 Å². The third kappa shape index (κ3) is 4.09. The zero-order chi connectivity index (χ0) is 19.4. The highest BCUT2D eigenvalue weighted by Gasteiger charge is 2.54. The van der Waals surface area contributed by atoms with Crippen molar-refractivity contribution in [1.29, 1.82) is 0 Å². The summed E-state index contributed by atoms with van der Waals surface area (Å²) < 4.78 is 7.38. The van der Waals surface area contributed by atoms with Gasteiger partial charge in [0.15, 0.2) is 0 Å². The van der Waals surface area contributed by atoms with Crippen LogP contribution in [0.25, 0.3) is 0 Å². The van der Waals surface area contributed by atoms with Crippen LogP contribution in [0.4, 0.5) is 0 Å². The van der Waals surface area contributed by atoms with Crippen LogP contribution in [0, 0.1) is 10.8 Å². The second kappa shape index (κ2) is 8.35. The van der Waals surface area contributed by atoms with E-state index in [9.17, 15) is 0 Å². The summed E-state index contributed by atoms with van der Waals surface area (Å²) in [6.45, 7) is 6.99. The van der Waals surface area contributed by atoms with Gasteiger partial charge in [-0.3, -0.25) is 0 Å². The summed E-state index contributed by atoms with van der Waals surface area (Å²) in [6.07, 6.45) is 5.65. The zero-order valence-corrected chi connectivity index (χ0v) is 19.2. The number of rotatable bonds is 4. The van der Waals surface area contributed by atoms with Gasteiger partial charge in [-0.25, -0.2) is 0 Å². The van der Waals surface area contributed by atoms with Crippen LogP contribution >= 0.6 is 15.9 Å². The fourth-order valence-corrected chi connectivity index (χ4v) is 9.54. The largest absolute Gasteiger partial charge is 0.391 e. The van der Waals surface area contributed by atoms with E-state index in [1.54, 1.807) is 0 Å². The molecule has 0 saturated heterocycles. The number of hydrogen-bond acceptors (Lipinski definition) is 1. The van der Waals surface area contributed by atoms with Crippen LogP contribution in [0.15, 0.2) is 60.7 Å². The molecule has 0 amide bonds. The van der Waals surface area contributed by atoms with E-state index in [0.29, 0.717) is 0 Å². The summed E-state index contributed by atoms with van der Waals surface area (Å²) in [5, 5.41) is 2.63. The molecule has 0 bridgehead atoms. The maximum absolute atomic E-state index is 7.38. The Morgan fingerprint density at radius 1 is 0.852 bits per heavy atom. The smallest absolute Gasteiger partial charge is 0.263 e. The minimum Gasteiger partial charge on any atom is -0.391 e. The predicted octanol–water partition coefficient (Wildman–Crippen LogP) is 5.62. The molecule has 2 aromatic carbocycles. The lowest BCUT2D eigenvalue weighted by Crippen LogP contribution is -2.69. The molecule has 3 heteroatoms. The van der Waals surface area contributed by atoms with Crippen LogP contribution in [-0.2, 0) is 4.43 Å². The van der Waals surface area contributed by atoms with Gasteiger partial charge in [-0.1, -0.05) is 93.8 Å². The molecular formula is C24H29BrOSi. The van der Waals surface area contributed by atoms with Crippen LogP contribution in [0.3, 0.4) is 0 Å². The molecule has 1 nitrogen and oxygen atoms in total. The molecule has 1 aliphatic carbocycles. The maximum atomic E-state index is 7.38. The van der Waals surface area contributed by atoms with Gasteiger partial charge in [0.05, 0.1) is 0 Å². The van der Waals surface area contributed by atoms with Gasteiger partial charge in [0.1, 0.15) is 5.60 Å². The van der Waals surface area contributed by atoms with Crippen molar-refractivity contribution in [2.24, 2.45) is 0 Å². The lowest BCUT2D eigenvalue weighted by molar-refractivity contribution is 0.0764. The Bertz CT molecular complexity index is 754. The minimum atomic E-state index is -2.57. The highest BCUT2D eigenvalue weighted by Crippen LogP contribution is 2.42. The van der Waals surface area contributed by atoms with E-state index in [0.717, 1.165) is 12.8 Å². The van der Waals surface area contributed by atoms with Gasteiger partial charge in [0.2, 0.25) is 0 Å². The normalized spacial score (nSPS) is 17.0. The molecule has 0 atom stereocenters. The van der Waals surface area contributed by atoms with Crippen molar-refractivity contribution in [3.05, 3.63) is 60.7 Å². The van der Waals surface area contributed by atoms with Crippen molar-refractivity contribution in [3.63, 3.8) is 0 Å². The van der Waals surface area contributed by atoms with Gasteiger partial charge in [-0.05, 0) is 45.9 Å². The zero-order valence-electron chi connectivity index (χ0n) is 16.6. The van der Waals surface area contributed by atoms with Gasteiger partial charge < -0.3 is 4.43 Å². The average Bonchev–Trinajstić information content (AvgIpc) is 2.67. The third-order valence-electron chi connectivity index (χ3n) is 5.70. The maximum Gasteiger partial charge on any atom is 0.263 e. The van der Waals surface area contributed by atoms with Gasteiger partial charge in [-0.15, -0.1) is 0 Å². The summed E-state index contributed by atoms with van der Waals surface area (Å²) in [5.74, 6) is 3.44. The molecule has 2 aromatic rings. The average molecular weight is 441 g/mol. The Morgan fingerprint density at radius 2 is 1.33 bits per heavy atom. The molecule has 1 saturated carbocycles. The molecule has 0 aliphatic heterocycles. The summed E-state index contributed by atoms with van der Waals surface area (Å²) in [6, 6.07) is 21.7. The first-order valence-electron chi connectivity index (χ1n) is 9.88. The first kappa shape index (κ1) is 20.4. The Kier molecular flexibility index (Phi) is 6.31. The lowest BCUT2D eigenvalue weighted by atomic mass is 9.86. The standard InChI is InChI=1S/C24H29BrOSi/c1-23(2,3)27(21-13-7-4-8-14-21,22-15-9-5-10-16-22)26-24(19-20-25)17-11-6-12-18-24/h4-5,7-10,13-16H,6,11-12,17-18H2,1-3H3. The number of halogens is 1. The Morgan fingerprint density at radius 3 is 1.74 bits per heavy atom. The molecule has 27 heavy (non-hydrogen) atoms. The van der Waals surface area contributed by atoms with Gasteiger partial charge in [0, 0.05) is 15.9 Å². The molecule has 0 heterocycles. The quantitative estimate of drug-likeness (QED) is 0.442. The van der Waals surface area contributed by atoms with Gasteiger partial charge >= 0.3 is 0 Å². The Balaban J connectivity index is 2.24. The Hall–Kier alpha value is -1.34. The lowest BCUT2D eigenvalue weighted by Gasteiger charge is -2.49. The van der Waals surface area contributed by atoms with Crippen LogP contribution in [-0.4, -0.2) is 13.9 Å². The van der Waals surface area contributed by atoms with Crippen LogP contribution in [0.2, 0.25) is 5.04 Å². The predicted molar refractivity (Wildman–Crippen MR) is 121 cm³/mol. The first-order chi connectivity index (χ1) is 12.9. The SMILES string of the molecule is CC(C)(C)[Si](OC1(C#CBr)CCCCC1)(c1ccccc1)c1ccccc1. The molecule has 0 radical (unpaired) electrons. The summed E-state index contributed by atoms with van der Waals surface area (Å²) >= 11 is 3.36. The van der Waals surface area contributed by atoms with E-state index in [2.05, 4.69) is 108 Å².